The largest absolute Gasteiger partial charge is 0.333 e. The first-order valence-electron chi connectivity index (χ1n) is 8.19. The maximum absolute atomic E-state index is 12.0. The summed E-state index contributed by atoms with van der Waals surface area (Å²) < 4.78 is 0.618. The van der Waals surface area contributed by atoms with E-state index >= 15 is 0 Å². The summed E-state index contributed by atoms with van der Waals surface area (Å²) in [5.41, 5.74) is 1.66. The van der Waals surface area contributed by atoms with E-state index in [0.717, 1.165) is 12.1 Å². The van der Waals surface area contributed by atoms with Gasteiger partial charge >= 0.3 is 6.03 Å². The Morgan fingerprint density at radius 3 is 2.42 bits per heavy atom. The van der Waals surface area contributed by atoms with E-state index in [1.807, 2.05) is 45.0 Å². The fourth-order valence-electron chi connectivity index (χ4n) is 1.94. The van der Waals surface area contributed by atoms with Gasteiger partial charge in [0.25, 0.3) is 0 Å². The summed E-state index contributed by atoms with van der Waals surface area (Å²) in [5, 5.41) is 16.5. The van der Waals surface area contributed by atoms with E-state index in [1.54, 1.807) is 0 Å². The lowest BCUT2D eigenvalue weighted by atomic mass is 10.1. The highest BCUT2D eigenvalue weighted by Gasteiger charge is 2.15. The van der Waals surface area contributed by atoms with Crippen LogP contribution in [-0.2, 0) is 11.2 Å². The zero-order valence-electron chi connectivity index (χ0n) is 15.3. The van der Waals surface area contributed by atoms with E-state index in [0.29, 0.717) is 9.47 Å². The van der Waals surface area contributed by atoms with Crippen molar-refractivity contribution in [2.24, 2.45) is 0 Å². The highest BCUT2D eigenvalue weighted by molar-refractivity contribution is 8.01. The Kier molecular flexibility index (Phi) is 6.98. The quantitative estimate of drug-likeness (QED) is 0.513. The van der Waals surface area contributed by atoms with Crippen molar-refractivity contribution in [3.05, 3.63) is 29.8 Å². The molecule has 2 rings (SSSR count). The molecule has 0 saturated carbocycles. The number of hydrogen-bond acceptors (Lipinski definition) is 6. The second kappa shape index (κ2) is 9.00. The number of aryl methyl sites for hydroxylation is 1. The molecule has 1 heterocycles. The number of thioether (sulfide) groups is 1. The van der Waals surface area contributed by atoms with Crippen LogP contribution >= 0.6 is 23.1 Å². The summed E-state index contributed by atoms with van der Waals surface area (Å²) in [6, 6.07) is 7.44. The fraction of sp³-hybridized carbons (Fsp3) is 0.412. The molecule has 0 saturated heterocycles. The smallest absolute Gasteiger partial charge is 0.321 e. The van der Waals surface area contributed by atoms with Gasteiger partial charge in [-0.2, -0.15) is 0 Å². The van der Waals surface area contributed by atoms with Crippen molar-refractivity contribution in [2.75, 3.05) is 16.4 Å². The Morgan fingerprint density at radius 2 is 1.81 bits per heavy atom. The first-order chi connectivity index (χ1) is 12.2. The molecule has 3 amide bonds. The number of urea groups is 1. The second-order valence-corrected chi connectivity index (χ2v) is 8.79. The number of nitrogens with zero attached hydrogens (tertiary/aromatic N) is 2. The molecule has 1 aromatic carbocycles. The minimum absolute atomic E-state index is 0.116. The van der Waals surface area contributed by atoms with Gasteiger partial charge in [0.15, 0.2) is 4.34 Å². The van der Waals surface area contributed by atoms with Crippen LogP contribution in [0.1, 0.15) is 33.3 Å². The van der Waals surface area contributed by atoms with Crippen LogP contribution in [0.4, 0.5) is 15.6 Å². The van der Waals surface area contributed by atoms with Crippen molar-refractivity contribution in [3.63, 3.8) is 0 Å². The van der Waals surface area contributed by atoms with Crippen LogP contribution in [0.2, 0.25) is 0 Å². The summed E-state index contributed by atoms with van der Waals surface area (Å²) >= 11 is 2.51. The fourth-order valence-corrected chi connectivity index (χ4v) is 3.48. The van der Waals surface area contributed by atoms with E-state index in [2.05, 4.69) is 33.1 Å². The van der Waals surface area contributed by atoms with Crippen LogP contribution in [0.15, 0.2) is 28.6 Å². The third-order valence-electron chi connectivity index (χ3n) is 3.09. The van der Waals surface area contributed by atoms with E-state index in [1.165, 1.54) is 28.7 Å². The first-order valence-corrected chi connectivity index (χ1v) is 9.99. The van der Waals surface area contributed by atoms with Gasteiger partial charge in [0.1, 0.15) is 0 Å². The molecule has 0 fully saturated rings. The zero-order valence-corrected chi connectivity index (χ0v) is 16.9. The van der Waals surface area contributed by atoms with Crippen LogP contribution in [-0.4, -0.2) is 33.4 Å². The number of aromatic nitrogens is 2. The molecule has 9 heteroatoms. The molecule has 0 bridgehead atoms. The summed E-state index contributed by atoms with van der Waals surface area (Å²) in [7, 11) is 0. The lowest BCUT2D eigenvalue weighted by Gasteiger charge is -2.19. The molecule has 0 aliphatic heterocycles. The normalized spacial score (nSPS) is 11.1. The van der Waals surface area contributed by atoms with Gasteiger partial charge in [-0.05, 0) is 44.9 Å². The highest BCUT2D eigenvalue weighted by atomic mass is 32.2. The third kappa shape index (κ3) is 7.01. The molecule has 0 radical (unpaired) electrons. The molecule has 0 aliphatic rings. The Morgan fingerprint density at radius 1 is 1.12 bits per heavy atom. The standard InChI is InChI=1S/C17H23N5O2S2/c1-5-11-6-8-12(9-7-11)18-13(23)10-25-16-22-21-15(26-16)19-14(24)20-17(2,3)4/h6-9H,5,10H2,1-4H3,(H,18,23)(H2,19,20,21,24). The maximum atomic E-state index is 12.0. The Hall–Kier alpha value is -2.13. The minimum atomic E-state index is -0.335. The van der Waals surface area contributed by atoms with Gasteiger partial charge < -0.3 is 10.6 Å². The molecular formula is C17H23N5O2S2. The SMILES string of the molecule is CCc1ccc(NC(=O)CSc2nnc(NC(=O)NC(C)(C)C)s2)cc1. The molecule has 1 aromatic heterocycles. The molecule has 7 nitrogen and oxygen atoms in total. The summed E-state index contributed by atoms with van der Waals surface area (Å²) in [4.78, 5) is 23.8. The van der Waals surface area contributed by atoms with Gasteiger partial charge in [-0.15, -0.1) is 10.2 Å². The predicted molar refractivity (Wildman–Crippen MR) is 107 cm³/mol. The average molecular weight is 394 g/mol. The number of carbonyl (C=O) groups is 2. The molecule has 3 N–H and O–H groups in total. The lowest BCUT2D eigenvalue weighted by Crippen LogP contribution is -2.43. The first kappa shape index (κ1) is 20.2. The van der Waals surface area contributed by atoms with Crippen LogP contribution in [0.5, 0.6) is 0 Å². The Bertz CT molecular complexity index is 753. The monoisotopic (exact) mass is 393 g/mol. The molecule has 140 valence electrons. The van der Waals surface area contributed by atoms with Crippen molar-refractivity contribution in [1.29, 1.82) is 0 Å². The molecule has 0 aliphatic carbocycles. The van der Waals surface area contributed by atoms with E-state index < -0.39 is 0 Å². The van der Waals surface area contributed by atoms with Crippen LogP contribution in [0.3, 0.4) is 0 Å². The molecule has 2 aromatic rings. The number of rotatable bonds is 6. The molecule has 0 unspecified atom stereocenters. The van der Waals surface area contributed by atoms with Crippen molar-refractivity contribution in [1.82, 2.24) is 15.5 Å². The van der Waals surface area contributed by atoms with Crippen LogP contribution < -0.4 is 16.0 Å². The summed E-state index contributed by atoms with van der Waals surface area (Å²) in [6.45, 7) is 7.76. The van der Waals surface area contributed by atoms with Crippen LogP contribution in [0.25, 0.3) is 0 Å². The van der Waals surface area contributed by atoms with E-state index in [9.17, 15) is 9.59 Å². The molecule has 0 atom stereocenters. The number of amides is 3. The van der Waals surface area contributed by atoms with Crippen LogP contribution in [0, 0.1) is 0 Å². The molecule has 0 spiro atoms. The Labute approximate surface area is 161 Å². The third-order valence-corrected chi connectivity index (χ3v) is 5.06. The minimum Gasteiger partial charge on any atom is -0.333 e. The summed E-state index contributed by atoms with van der Waals surface area (Å²) in [5.74, 6) is 0.104. The van der Waals surface area contributed by atoms with E-state index in [4.69, 9.17) is 0 Å². The summed E-state index contributed by atoms with van der Waals surface area (Å²) in [6.07, 6.45) is 0.964. The zero-order chi connectivity index (χ0) is 19.2. The number of anilines is 2. The van der Waals surface area contributed by atoms with Gasteiger partial charge in [0.2, 0.25) is 11.0 Å². The van der Waals surface area contributed by atoms with Gasteiger partial charge in [-0.25, -0.2) is 4.79 Å². The number of nitrogens with one attached hydrogen (secondary N) is 3. The van der Waals surface area contributed by atoms with Gasteiger partial charge in [-0.1, -0.05) is 42.2 Å². The van der Waals surface area contributed by atoms with Gasteiger partial charge in [0.05, 0.1) is 5.75 Å². The number of benzene rings is 1. The Balaban J connectivity index is 1.79. The molecular weight excluding hydrogens is 370 g/mol. The predicted octanol–water partition coefficient (Wildman–Crippen LogP) is 3.75. The van der Waals surface area contributed by atoms with Crippen molar-refractivity contribution in [2.45, 2.75) is 44.0 Å². The topological polar surface area (TPSA) is 96.0 Å². The number of carbonyl (C=O) groups excluding carboxylic acids is 2. The van der Waals surface area contributed by atoms with Gasteiger partial charge in [0, 0.05) is 11.2 Å². The average Bonchev–Trinajstić information content (AvgIpc) is 2.99. The lowest BCUT2D eigenvalue weighted by molar-refractivity contribution is -0.113. The highest BCUT2D eigenvalue weighted by Crippen LogP contribution is 2.25. The maximum Gasteiger partial charge on any atom is 0.321 e. The van der Waals surface area contributed by atoms with Crippen molar-refractivity contribution >= 4 is 45.9 Å². The molecule has 26 heavy (non-hydrogen) atoms. The number of hydrogen-bond donors (Lipinski definition) is 3. The van der Waals surface area contributed by atoms with Crippen molar-refractivity contribution < 1.29 is 9.59 Å². The second-order valence-electron chi connectivity index (χ2n) is 6.59. The van der Waals surface area contributed by atoms with Crippen molar-refractivity contribution in [3.8, 4) is 0 Å². The van der Waals surface area contributed by atoms with Gasteiger partial charge in [-0.3, -0.25) is 10.1 Å². The van der Waals surface area contributed by atoms with E-state index in [-0.39, 0.29) is 23.2 Å².